The van der Waals surface area contributed by atoms with E-state index in [1.165, 1.54) is 23.5 Å². The van der Waals surface area contributed by atoms with Crippen molar-refractivity contribution in [3.8, 4) is 11.5 Å². The van der Waals surface area contributed by atoms with E-state index in [0.717, 1.165) is 33.8 Å². The van der Waals surface area contributed by atoms with Crippen LogP contribution in [0.5, 0.6) is 11.5 Å². The fourth-order valence-electron chi connectivity index (χ4n) is 5.26. The molecule has 2 heterocycles. The van der Waals surface area contributed by atoms with Gasteiger partial charge in [-0.15, -0.1) is 0 Å². The third kappa shape index (κ3) is 7.10. The van der Waals surface area contributed by atoms with Gasteiger partial charge in [-0.2, -0.15) is 0 Å². The second-order valence-corrected chi connectivity index (χ2v) is 13.7. The predicted octanol–water partition coefficient (Wildman–Crippen LogP) is 8.94. The molecule has 6 rings (SSSR count). The van der Waals surface area contributed by atoms with Gasteiger partial charge in [-0.3, -0.25) is 9.59 Å². The van der Waals surface area contributed by atoms with Crippen LogP contribution in [0.15, 0.2) is 107 Å². The fraction of sp³-hybridized carbons (Fsp3) is 0.167. The summed E-state index contributed by atoms with van der Waals surface area (Å²) in [5.74, 6) is 1.31. The maximum Gasteiger partial charge on any atom is 0.261 e. The van der Waals surface area contributed by atoms with Crippen LogP contribution in [-0.2, 0) is 9.59 Å². The van der Waals surface area contributed by atoms with Crippen molar-refractivity contribution in [2.75, 3.05) is 27.3 Å². The van der Waals surface area contributed by atoms with Gasteiger partial charge in [0.05, 0.1) is 24.0 Å². The van der Waals surface area contributed by atoms with E-state index in [1.54, 1.807) is 14.2 Å². The van der Waals surface area contributed by atoms with E-state index in [9.17, 15) is 9.59 Å². The number of carbonyl (C=O) groups excluding carboxylic acids is 2. The Balaban J connectivity index is 1.30. The Bertz CT molecular complexity index is 1640. The van der Waals surface area contributed by atoms with Crippen LogP contribution in [-0.4, -0.2) is 48.9 Å². The molecule has 0 unspecified atom stereocenters. The minimum atomic E-state index is -0.272. The predicted molar refractivity (Wildman–Crippen MR) is 189 cm³/mol. The third-order valence-electron chi connectivity index (χ3n) is 7.71. The average molecular weight is 690 g/mol. The van der Waals surface area contributed by atoms with E-state index in [2.05, 4.69) is 0 Å². The lowest BCUT2D eigenvalue weighted by atomic mass is 10.1. The van der Waals surface area contributed by atoms with Crippen LogP contribution >= 0.6 is 46.7 Å². The van der Waals surface area contributed by atoms with Gasteiger partial charge >= 0.3 is 0 Å². The molecule has 6 nitrogen and oxygen atoms in total. The summed E-state index contributed by atoms with van der Waals surface area (Å²) >= 11 is 15.2. The van der Waals surface area contributed by atoms with Crippen LogP contribution in [0, 0.1) is 0 Å². The number of hydrogen-bond acceptors (Lipinski definition) is 6. The van der Waals surface area contributed by atoms with E-state index in [4.69, 9.17) is 32.7 Å². The minimum Gasteiger partial charge on any atom is -0.497 e. The van der Waals surface area contributed by atoms with Crippen LogP contribution in [0.4, 0.5) is 0 Å². The first-order valence-electron chi connectivity index (χ1n) is 14.5. The van der Waals surface area contributed by atoms with Crippen molar-refractivity contribution >= 4 is 70.7 Å². The Labute approximate surface area is 287 Å². The summed E-state index contributed by atoms with van der Waals surface area (Å²) in [7, 11) is 3.25. The van der Waals surface area contributed by atoms with Gasteiger partial charge in [0.2, 0.25) is 0 Å². The topological polar surface area (TPSA) is 59.1 Å². The molecule has 0 spiro atoms. The first-order valence-corrected chi connectivity index (χ1v) is 17.0. The molecule has 0 N–H and O–H groups in total. The van der Waals surface area contributed by atoms with Crippen molar-refractivity contribution in [2.24, 2.45) is 0 Å². The SMILES string of the molecule is COc1ccc([C@H]2S/C(=C\c3ccc(Cl)cc3)C(=O)N2CCN2C(=O)/C(=C/c3ccc(Cl)cc3)S[C@@H]2c2ccc(OC)cc2)cc1. The Kier molecular flexibility index (Phi) is 9.99. The number of halogens is 2. The van der Waals surface area contributed by atoms with E-state index < -0.39 is 0 Å². The van der Waals surface area contributed by atoms with Crippen LogP contribution in [0.2, 0.25) is 10.0 Å². The van der Waals surface area contributed by atoms with Crippen LogP contribution in [0.1, 0.15) is 33.0 Å². The Hall–Kier alpha value is -3.82. The Morgan fingerprint density at radius 1 is 0.587 bits per heavy atom. The first-order chi connectivity index (χ1) is 22.3. The number of benzene rings is 4. The number of thioether (sulfide) groups is 2. The standard InChI is InChI=1S/C36H30Cl2N2O4S2/c1-43-29-15-7-25(8-16-29)35-39(33(41)31(45-35)21-23-3-11-27(37)12-4-23)19-20-40-34(42)32(22-24-5-13-28(38)14-6-24)46-36(40)26-9-17-30(44-2)18-10-26/h3-18,21-22,35-36H,19-20H2,1-2H3/b31-21-,32-22-/t35-,36-/m1/s1. The molecule has 2 aliphatic heterocycles. The maximum atomic E-state index is 14.0. The van der Waals surface area contributed by atoms with Gasteiger partial charge in [-0.1, -0.05) is 95.3 Å². The largest absolute Gasteiger partial charge is 0.497 e. The molecule has 2 atom stereocenters. The molecule has 0 bridgehead atoms. The molecule has 2 aliphatic rings. The van der Waals surface area contributed by atoms with Crippen molar-refractivity contribution in [2.45, 2.75) is 10.7 Å². The molecule has 0 saturated carbocycles. The highest BCUT2D eigenvalue weighted by Crippen LogP contribution is 2.49. The Morgan fingerprint density at radius 3 is 1.26 bits per heavy atom. The summed E-state index contributed by atoms with van der Waals surface area (Å²) < 4.78 is 10.7. The van der Waals surface area contributed by atoms with Crippen molar-refractivity contribution in [1.29, 1.82) is 0 Å². The average Bonchev–Trinajstić information content (AvgIpc) is 3.56. The minimum absolute atomic E-state index is 0.0852. The second kappa shape index (κ2) is 14.3. The van der Waals surface area contributed by atoms with Crippen molar-refractivity contribution < 1.29 is 19.1 Å². The third-order valence-corrected chi connectivity index (χ3v) is 10.8. The molecule has 2 saturated heterocycles. The summed E-state index contributed by atoms with van der Waals surface area (Å²) in [4.78, 5) is 32.9. The molecule has 2 fully saturated rings. The number of amides is 2. The highest BCUT2D eigenvalue weighted by Gasteiger charge is 2.41. The van der Waals surface area contributed by atoms with Gasteiger partial charge in [0.15, 0.2) is 0 Å². The molecular weight excluding hydrogens is 659 g/mol. The molecule has 4 aromatic rings. The monoisotopic (exact) mass is 688 g/mol. The summed E-state index contributed by atoms with van der Waals surface area (Å²) in [5, 5.41) is 0.723. The normalized spacial score (nSPS) is 19.8. The number of hydrogen-bond donors (Lipinski definition) is 0. The summed E-state index contributed by atoms with van der Waals surface area (Å²) in [5.41, 5.74) is 3.71. The van der Waals surface area contributed by atoms with Gasteiger partial charge < -0.3 is 19.3 Å². The van der Waals surface area contributed by atoms with Crippen LogP contribution in [0.25, 0.3) is 12.2 Å². The molecule has 0 aromatic heterocycles. The highest BCUT2D eigenvalue weighted by atomic mass is 35.5. The van der Waals surface area contributed by atoms with E-state index in [1.807, 2.05) is 119 Å². The molecule has 0 aliphatic carbocycles. The van der Waals surface area contributed by atoms with E-state index in [-0.39, 0.29) is 22.6 Å². The summed E-state index contributed by atoms with van der Waals surface area (Å²) in [6, 6.07) is 30.3. The number of carbonyl (C=O) groups is 2. The smallest absolute Gasteiger partial charge is 0.261 e. The van der Waals surface area contributed by atoms with Gasteiger partial charge in [-0.05, 0) is 82.9 Å². The summed E-state index contributed by atoms with van der Waals surface area (Å²) in [6.07, 6.45) is 3.79. The zero-order valence-electron chi connectivity index (χ0n) is 25.1. The zero-order valence-corrected chi connectivity index (χ0v) is 28.2. The van der Waals surface area contributed by atoms with Crippen molar-refractivity contribution in [3.63, 3.8) is 0 Å². The lowest BCUT2D eigenvalue weighted by Gasteiger charge is -2.29. The lowest BCUT2D eigenvalue weighted by molar-refractivity contribution is -0.130. The van der Waals surface area contributed by atoms with Crippen molar-refractivity contribution in [1.82, 2.24) is 9.80 Å². The van der Waals surface area contributed by atoms with Gasteiger partial charge in [-0.25, -0.2) is 0 Å². The number of ether oxygens (including phenoxy) is 2. The summed E-state index contributed by atoms with van der Waals surface area (Å²) in [6.45, 7) is 0.682. The number of methoxy groups -OCH3 is 2. The van der Waals surface area contributed by atoms with E-state index in [0.29, 0.717) is 32.9 Å². The lowest BCUT2D eigenvalue weighted by Crippen LogP contribution is -2.38. The first kappa shape index (κ1) is 32.1. The molecule has 234 valence electrons. The van der Waals surface area contributed by atoms with Gasteiger partial charge in [0, 0.05) is 23.1 Å². The quantitative estimate of drug-likeness (QED) is 0.164. The van der Waals surface area contributed by atoms with Crippen LogP contribution in [0.3, 0.4) is 0 Å². The molecule has 0 radical (unpaired) electrons. The number of rotatable bonds is 9. The van der Waals surface area contributed by atoms with Crippen molar-refractivity contribution in [3.05, 3.63) is 139 Å². The second-order valence-electron chi connectivity index (χ2n) is 10.6. The molecule has 46 heavy (non-hydrogen) atoms. The molecule has 10 heteroatoms. The van der Waals surface area contributed by atoms with Gasteiger partial charge in [0.25, 0.3) is 11.8 Å². The zero-order chi connectivity index (χ0) is 32.2. The maximum absolute atomic E-state index is 14.0. The van der Waals surface area contributed by atoms with E-state index >= 15 is 0 Å². The Morgan fingerprint density at radius 2 is 0.935 bits per heavy atom. The number of nitrogens with zero attached hydrogens (tertiary/aromatic N) is 2. The van der Waals surface area contributed by atoms with Gasteiger partial charge in [0.1, 0.15) is 22.2 Å². The van der Waals surface area contributed by atoms with Crippen LogP contribution < -0.4 is 9.47 Å². The molecule has 2 amide bonds. The highest BCUT2D eigenvalue weighted by molar-refractivity contribution is 8.05. The fourth-order valence-corrected chi connectivity index (χ4v) is 8.08. The molecular formula is C36H30Cl2N2O4S2. The molecule has 4 aromatic carbocycles.